The van der Waals surface area contributed by atoms with Gasteiger partial charge in [0.05, 0.1) is 5.56 Å². The molecular formula is C17H17IN2O3. The summed E-state index contributed by atoms with van der Waals surface area (Å²) in [5.41, 5.74) is 7.15. The van der Waals surface area contributed by atoms with Crippen LogP contribution in [-0.2, 0) is 4.79 Å². The number of hydrogen-bond acceptors (Lipinski definition) is 3. The topological polar surface area (TPSA) is 67.4 Å². The minimum absolute atomic E-state index is 0.169. The van der Waals surface area contributed by atoms with E-state index in [1.54, 1.807) is 12.1 Å². The Morgan fingerprint density at radius 1 is 1.00 bits per heavy atom. The van der Waals surface area contributed by atoms with Crippen molar-refractivity contribution in [3.05, 3.63) is 62.7 Å². The van der Waals surface area contributed by atoms with Gasteiger partial charge in [-0.2, -0.15) is 0 Å². The molecule has 0 saturated heterocycles. The van der Waals surface area contributed by atoms with Crippen LogP contribution in [0.2, 0.25) is 0 Å². The number of carbonyl (C=O) groups excluding carboxylic acids is 2. The van der Waals surface area contributed by atoms with Crippen LogP contribution in [0.25, 0.3) is 0 Å². The van der Waals surface area contributed by atoms with Crippen molar-refractivity contribution in [3.63, 3.8) is 0 Å². The zero-order chi connectivity index (χ0) is 16.8. The van der Waals surface area contributed by atoms with Crippen molar-refractivity contribution in [2.45, 2.75) is 13.8 Å². The van der Waals surface area contributed by atoms with Gasteiger partial charge in [0, 0.05) is 3.57 Å². The molecule has 0 spiro atoms. The van der Waals surface area contributed by atoms with Crippen LogP contribution in [0.3, 0.4) is 0 Å². The van der Waals surface area contributed by atoms with Gasteiger partial charge in [0.15, 0.2) is 6.61 Å². The zero-order valence-electron chi connectivity index (χ0n) is 12.9. The van der Waals surface area contributed by atoms with E-state index in [9.17, 15) is 9.59 Å². The Kier molecular flexibility index (Phi) is 5.97. The number of ether oxygens (including phenoxy) is 1. The maximum Gasteiger partial charge on any atom is 0.276 e. The molecule has 6 heteroatoms. The minimum atomic E-state index is -0.424. The van der Waals surface area contributed by atoms with Gasteiger partial charge >= 0.3 is 0 Å². The molecule has 0 atom stereocenters. The lowest BCUT2D eigenvalue weighted by molar-refractivity contribution is -0.123. The molecule has 0 fully saturated rings. The molecule has 0 radical (unpaired) electrons. The van der Waals surface area contributed by atoms with E-state index in [1.807, 2.05) is 44.2 Å². The van der Waals surface area contributed by atoms with Crippen molar-refractivity contribution in [1.82, 2.24) is 10.9 Å². The highest BCUT2D eigenvalue weighted by Gasteiger charge is 2.11. The van der Waals surface area contributed by atoms with E-state index in [0.717, 1.165) is 14.7 Å². The lowest BCUT2D eigenvalue weighted by Gasteiger charge is -2.12. The van der Waals surface area contributed by atoms with Crippen molar-refractivity contribution >= 4 is 34.4 Å². The molecule has 0 bridgehead atoms. The Hall–Kier alpha value is -2.09. The molecule has 2 amide bonds. The molecule has 23 heavy (non-hydrogen) atoms. The zero-order valence-corrected chi connectivity index (χ0v) is 15.0. The lowest BCUT2D eigenvalue weighted by atomic mass is 10.1. The summed E-state index contributed by atoms with van der Waals surface area (Å²) in [5, 5.41) is 0. The number of hydrazine groups is 1. The van der Waals surface area contributed by atoms with E-state index in [1.165, 1.54) is 0 Å². The largest absolute Gasteiger partial charge is 0.483 e. The first kappa shape index (κ1) is 17.3. The van der Waals surface area contributed by atoms with Gasteiger partial charge in [0.25, 0.3) is 11.8 Å². The smallest absolute Gasteiger partial charge is 0.276 e. The predicted molar refractivity (Wildman–Crippen MR) is 96.2 cm³/mol. The third kappa shape index (κ3) is 4.69. The molecule has 0 aliphatic heterocycles. The summed E-state index contributed by atoms with van der Waals surface area (Å²) in [6.45, 7) is 3.66. The van der Waals surface area contributed by atoms with Crippen molar-refractivity contribution in [2.75, 3.05) is 6.61 Å². The maximum atomic E-state index is 12.0. The number of halogens is 1. The third-order valence-electron chi connectivity index (χ3n) is 3.19. The number of aryl methyl sites for hydroxylation is 2. The summed E-state index contributed by atoms with van der Waals surface area (Å²) in [5.74, 6) is -0.103. The molecule has 0 aliphatic carbocycles. The number of para-hydroxylation sites is 1. The van der Waals surface area contributed by atoms with Crippen LogP contribution >= 0.6 is 22.6 Å². The van der Waals surface area contributed by atoms with Gasteiger partial charge in [-0.15, -0.1) is 0 Å². The monoisotopic (exact) mass is 424 g/mol. The fraction of sp³-hybridized carbons (Fsp3) is 0.176. The molecular weight excluding hydrogens is 407 g/mol. The summed E-state index contributed by atoms with van der Waals surface area (Å²) >= 11 is 2.07. The third-order valence-corrected chi connectivity index (χ3v) is 4.13. The standard InChI is InChI=1S/C17H17IN2O3/c1-11-6-5-7-12(2)16(11)23-10-15(21)19-20-17(22)13-8-3-4-9-14(13)18/h3-9H,10H2,1-2H3,(H,19,21)(H,20,22). The summed E-state index contributed by atoms with van der Waals surface area (Å²) < 4.78 is 6.34. The van der Waals surface area contributed by atoms with Crippen LogP contribution in [0.1, 0.15) is 21.5 Å². The Morgan fingerprint density at radius 3 is 2.30 bits per heavy atom. The first-order valence-corrected chi connectivity index (χ1v) is 8.09. The highest BCUT2D eigenvalue weighted by molar-refractivity contribution is 14.1. The van der Waals surface area contributed by atoms with Crippen LogP contribution < -0.4 is 15.6 Å². The number of hydrogen-bond donors (Lipinski definition) is 2. The van der Waals surface area contributed by atoms with Gasteiger partial charge in [-0.25, -0.2) is 0 Å². The Labute approximate surface area is 148 Å². The minimum Gasteiger partial charge on any atom is -0.483 e. The normalized spacial score (nSPS) is 10.0. The molecule has 2 aromatic rings. The fourth-order valence-corrected chi connectivity index (χ4v) is 2.67. The average Bonchev–Trinajstić information content (AvgIpc) is 2.52. The van der Waals surface area contributed by atoms with Gasteiger partial charge in [-0.05, 0) is 59.7 Å². The number of rotatable bonds is 4. The SMILES string of the molecule is Cc1cccc(C)c1OCC(=O)NNC(=O)c1ccccc1I. The van der Waals surface area contributed by atoms with Gasteiger partial charge in [0.1, 0.15) is 5.75 Å². The van der Waals surface area contributed by atoms with E-state index in [2.05, 4.69) is 33.4 Å². The van der Waals surface area contributed by atoms with Crippen LogP contribution in [0, 0.1) is 17.4 Å². The van der Waals surface area contributed by atoms with Gasteiger partial charge in [0.2, 0.25) is 0 Å². The summed E-state index contributed by atoms with van der Waals surface area (Å²) in [4.78, 5) is 23.8. The van der Waals surface area contributed by atoms with E-state index in [-0.39, 0.29) is 12.5 Å². The molecule has 2 rings (SSSR count). The van der Waals surface area contributed by atoms with Crippen LogP contribution in [0.4, 0.5) is 0 Å². The van der Waals surface area contributed by atoms with Crippen molar-refractivity contribution in [3.8, 4) is 5.75 Å². The highest BCUT2D eigenvalue weighted by atomic mass is 127. The molecule has 0 heterocycles. The molecule has 0 aliphatic rings. The van der Waals surface area contributed by atoms with E-state index in [4.69, 9.17) is 4.74 Å². The summed E-state index contributed by atoms with van der Waals surface area (Å²) in [6, 6.07) is 12.9. The number of benzene rings is 2. The van der Waals surface area contributed by atoms with Crippen molar-refractivity contribution < 1.29 is 14.3 Å². The summed E-state index contributed by atoms with van der Waals surface area (Å²) in [6.07, 6.45) is 0. The number of carbonyl (C=O) groups is 2. The molecule has 120 valence electrons. The van der Waals surface area contributed by atoms with E-state index in [0.29, 0.717) is 11.3 Å². The number of nitrogens with one attached hydrogen (secondary N) is 2. The first-order valence-electron chi connectivity index (χ1n) is 7.01. The fourth-order valence-electron chi connectivity index (χ4n) is 2.04. The average molecular weight is 424 g/mol. The second-order valence-electron chi connectivity index (χ2n) is 4.99. The van der Waals surface area contributed by atoms with Gasteiger partial charge < -0.3 is 4.74 Å². The van der Waals surface area contributed by atoms with Crippen LogP contribution in [-0.4, -0.2) is 18.4 Å². The molecule has 2 N–H and O–H groups in total. The molecule has 5 nitrogen and oxygen atoms in total. The Balaban J connectivity index is 1.86. The maximum absolute atomic E-state index is 12.0. The quantitative estimate of drug-likeness (QED) is 0.586. The highest BCUT2D eigenvalue weighted by Crippen LogP contribution is 2.21. The van der Waals surface area contributed by atoms with Crippen LogP contribution in [0.15, 0.2) is 42.5 Å². The van der Waals surface area contributed by atoms with Crippen LogP contribution in [0.5, 0.6) is 5.75 Å². The molecule has 0 aromatic heterocycles. The second kappa shape index (κ2) is 7.96. The second-order valence-corrected chi connectivity index (χ2v) is 6.15. The lowest BCUT2D eigenvalue weighted by Crippen LogP contribution is -2.44. The predicted octanol–water partition coefficient (Wildman–Crippen LogP) is 2.75. The molecule has 0 saturated carbocycles. The van der Waals surface area contributed by atoms with Crippen molar-refractivity contribution in [1.29, 1.82) is 0 Å². The number of amides is 2. The van der Waals surface area contributed by atoms with Gasteiger partial charge in [-0.3, -0.25) is 20.4 Å². The Bertz CT molecular complexity index is 711. The molecule has 0 unspecified atom stereocenters. The van der Waals surface area contributed by atoms with E-state index < -0.39 is 5.91 Å². The van der Waals surface area contributed by atoms with Gasteiger partial charge in [-0.1, -0.05) is 30.3 Å². The Morgan fingerprint density at radius 2 is 1.65 bits per heavy atom. The summed E-state index contributed by atoms with van der Waals surface area (Å²) in [7, 11) is 0. The molecule has 2 aromatic carbocycles. The van der Waals surface area contributed by atoms with Crippen molar-refractivity contribution in [2.24, 2.45) is 0 Å². The first-order chi connectivity index (χ1) is 11.0. The van der Waals surface area contributed by atoms with E-state index >= 15 is 0 Å².